The zero-order valence-corrected chi connectivity index (χ0v) is 12.7. The van der Waals surface area contributed by atoms with Gasteiger partial charge in [-0.05, 0) is 24.1 Å². The summed E-state index contributed by atoms with van der Waals surface area (Å²) in [5.74, 6) is 0.149. The smallest absolute Gasteiger partial charge is 0.223 e. The molecule has 1 aromatic heterocycles. The number of carbonyl (C=O) groups excluding carboxylic acids is 2. The normalized spacial score (nSPS) is 18.6. The first-order chi connectivity index (χ1) is 10.1. The van der Waals surface area contributed by atoms with Gasteiger partial charge in [-0.2, -0.15) is 0 Å². The highest BCUT2D eigenvalue weighted by Crippen LogP contribution is 2.24. The molecule has 6 heteroatoms. The van der Waals surface area contributed by atoms with Crippen LogP contribution in [0.15, 0.2) is 24.5 Å². The van der Waals surface area contributed by atoms with Crippen molar-refractivity contribution in [3.63, 3.8) is 0 Å². The lowest BCUT2D eigenvalue weighted by atomic mass is 10.1. The second kappa shape index (κ2) is 5.89. The fourth-order valence-electron chi connectivity index (χ4n) is 2.67. The van der Waals surface area contributed by atoms with Gasteiger partial charge in [-0.15, -0.1) is 0 Å². The second-order valence-electron chi connectivity index (χ2n) is 5.28. The SMILES string of the molecule is CC(=O)SC1CC(=O)N(CCc2ccc3nc[nH]c3c2)C1. The monoisotopic (exact) mass is 303 g/mol. The Bertz CT molecular complexity index is 682. The van der Waals surface area contributed by atoms with Crippen molar-refractivity contribution in [2.75, 3.05) is 13.1 Å². The van der Waals surface area contributed by atoms with E-state index in [-0.39, 0.29) is 16.3 Å². The standard InChI is InChI=1S/C15H17N3O2S/c1-10(19)21-12-7-15(20)18(8-12)5-4-11-2-3-13-14(6-11)17-9-16-13/h2-3,6,9,12H,4-5,7-8H2,1H3,(H,16,17). The van der Waals surface area contributed by atoms with E-state index in [9.17, 15) is 9.59 Å². The van der Waals surface area contributed by atoms with E-state index in [1.165, 1.54) is 17.3 Å². The number of thioether (sulfide) groups is 1. The topological polar surface area (TPSA) is 66.1 Å². The number of H-pyrrole nitrogens is 1. The molecule has 1 fully saturated rings. The van der Waals surface area contributed by atoms with E-state index in [2.05, 4.69) is 16.0 Å². The Morgan fingerprint density at radius 3 is 3.19 bits per heavy atom. The molecule has 0 aliphatic carbocycles. The van der Waals surface area contributed by atoms with Gasteiger partial charge < -0.3 is 9.88 Å². The molecule has 0 bridgehead atoms. The minimum atomic E-state index is 0.0827. The average Bonchev–Trinajstić information content (AvgIpc) is 3.01. The van der Waals surface area contributed by atoms with Gasteiger partial charge in [-0.3, -0.25) is 9.59 Å². The number of hydrogen-bond donors (Lipinski definition) is 1. The Morgan fingerprint density at radius 1 is 1.52 bits per heavy atom. The van der Waals surface area contributed by atoms with Gasteiger partial charge >= 0.3 is 0 Å². The number of carbonyl (C=O) groups is 2. The molecule has 1 amide bonds. The van der Waals surface area contributed by atoms with E-state index >= 15 is 0 Å². The minimum absolute atomic E-state index is 0.0827. The number of nitrogens with zero attached hydrogens (tertiary/aromatic N) is 2. The van der Waals surface area contributed by atoms with Gasteiger partial charge in [0.2, 0.25) is 5.91 Å². The number of benzene rings is 1. The summed E-state index contributed by atoms with van der Waals surface area (Å²) < 4.78 is 0. The first kappa shape index (κ1) is 14.1. The molecule has 2 aromatic rings. The van der Waals surface area contributed by atoms with Crippen LogP contribution < -0.4 is 0 Å². The summed E-state index contributed by atoms with van der Waals surface area (Å²) in [7, 11) is 0. The van der Waals surface area contributed by atoms with Gasteiger partial charge in [-0.1, -0.05) is 17.8 Å². The second-order valence-corrected chi connectivity index (χ2v) is 6.76. The van der Waals surface area contributed by atoms with E-state index in [1.807, 2.05) is 17.0 Å². The summed E-state index contributed by atoms with van der Waals surface area (Å²) in [6, 6.07) is 6.11. The van der Waals surface area contributed by atoms with E-state index in [4.69, 9.17) is 0 Å². The number of aromatic nitrogens is 2. The van der Waals surface area contributed by atoms with Crippen LogP contribution in [0, 0.1) is 0 Å². The highest BCUT2D eigenvalue weighted by molar-refractivity contribution is 8.14. The van der Waals surface area contributed by atoms with Crippen LogP contribution in [0.4, 0.5) is 0 Å². The van der Waals surface area contributed by atoms with Crippen LogP contribution in [0.5, 0.6) is 0 Å². The molecule has 2 heterocycles. The molecule has 1 atom stereocenters. The molecule has 110 valence electrons. The maximum Gasteiger partial charge on any atom is 0.223 e. The van der Waals surface area contributed by atoms with Gasteiger partial charge in [0.1, 0.15) is 0 Å². The lowest BCUT2D eigenvalue weighted by Gasteiger charge is -2.16. The third-order valence-corrected chi connectivity index (χ3v) is 4.65. The van der Waals surface area contributed by atoms with E-state index < -0.39 is 0 Å². The Labute approximate surface area is 127 Å². The van der Waals surface area contributed by atoms with Gasteiger partial charge in [0.05, 0.1) is 17.4 Å². The van der Waals surface area contributed by atoms with E-state index in [0.717, 1.165) is 17.5 Å². The van der Waals surface area contributed by atoms with Crippen LogP contribution in [-0.2, 0) is 16.0 Å². The summed E-state index contributed by atoms with van der Waals surface area (Å²) in [5.41, 5.74) is 3.15. The number of hydrogen-bond acceptors (Lipinski definition) is 4. The molecule has 1 unspecified atom stereocenters. The molecule has 1 aliphatic heterocycles. The predicted molar refractivity (Wildman–Crippen MR) is 83.1 cm³/mol. The Balaban J connectivity index is 1.59. The molecule has 0 spiro atoms. The molecule has 5 nitrogen and oxygen atoms in total. The zero-order valence-electron chi connectivity index (χ0n) is 11.8. The Hall–Kier alpha value is -1.82. The van der Waals surface area contributed by atoms with Crippen LogP contribution in [0.2, 0.25) is 0 Å². The quantitative estimate of drug-likeness (QED) is 0.938. The molecule has 1 aliphatic rings. The zero-order chi connectivity index (χ0) is 14.8. The first-order valence-electron chi connectivity index (χ1n) is 6.99. The Kier molecular flexibility index (Phi) is 3.96. The third-order valence-electron chi connectivity index (χ3n) is 3.67. The molecule has 0 radical (unpaired) electrons. The molecule has 0 saturated carbocycles. The van der Waals surface area contributed by atoms with Crippen LogP contribution >= 0.6 is 11.8 Å². The van der Waals surface area contributed by atoms with Crippen molar-refractivity contribution in [3.05, 3.63) is 30.1 Å². The summed E-state index contributed by atoms with van der Waals surface area (Å²) in [4.78, 5) is 32.2. The number of imidazole rings is 1. The van der Waals surface area contributed by atoms with Crippen LogP contribution in [0.1, 0.15) is 18.9 Å². The predicted octanol–water partition coefficient (Wildman–Crippen LogP) is 1.99. The Morgan fingerprint density at radius 2 is 2.38 bits per heavy atom. The summed E-state index contributed by atoms with van der Waals surface area (Å²) >= 11 is 1.28. The van der Waals surface area contributed by atoms with Gasteiger partial charge in [0.25, 0.3) is 0 Å². The number of amides is 1. The number of nitrogens with one attached hydrogen (secondary N) is 1. The average molecular weight is 303 g/mol. The maximum absolute atomic E-state index is 11.9. The highest BCUT2D eigenvalue weighted by atomic mass is 32.2. The van der Waals surface area contributed by atoms with Crippen LogP contribution in [0.25, 0.3) is 11.0 Å². The molecule has 1 aromatic carbocycles. The maximum atomic E-state index is 11.9. The molecular formula is C15H17N3O2S. The van der Waals surface area contributed by atoms with Crippen molar-refractivity contribution in [2.45, 2.75) is 25.0 Å². The van der Waals surface area contributed by atoms with Crippen LogP contribution in [0.3, 0.4) is 0 Å². The van der Waals surface area contributed by atoms with Crippen molar-refractivity contribution < 1.29 is 9.59 Å². The minimum Gasteiger partial charge on any atom is -0.345 e. The van der Waals surface area contributed by atoms with Crippen molar-refractivity contribution in [2.24, 2.45) is 0 Å². The first-order valence-corrected chi connectivity index (χ1v) is 7.87. The summed E-state index contributed by atoms with van der Waals surface area (Å²) in [6.45, 7) is 2.93. The van der Waals surface area contributed by atoms with Crippen molar-refractivity contribution in [1.82, 2.24) is 14.9 Å². The molecule has 21 heavy (non-hydrogen) atoms. The summed E-state index contributed by atoms with van der Waals surface area (Å²) in [5, 5.41) is 0.199. The number of likely N-dealkylation sites (tertiary alicyclic amines) is 1. The van der Waals surface area contributed by atoms with Gasteiger partial charge in [0, 0.05) is 31.7 Å². The van der Waals surface area contributed by atoms with Gasteiger partial charge in [0.15, 0.2) is 5.12 Å². The van der Waals surface area contributed by atoms with E-state index in [1.54, 1.807) is 13.3 Å². The molecule has 1 N–H and O–H groups in total. The van der Waals surface area contributed by atoms with E-state index in [0.29, 0.717) is 19.5 Å². The molecule has 1 saturated heterocycles. The van der Waals surface area contributed by atoms with Crippen molar-refractivity contribution in [1.29, 1.82) is 0 Å². The fourth-order valence-corrected chi connectivity index (χ4v) is 3.62. The highest BCUT2D eigenvalue weighted by Gasteiger charge is 2.30. The lowest BCUT2D eigenvalue weighted by Crippen LogP contribution is -2.27. The third kappa shape index (κ3) is 3.26. The van der Waals surface area contributed by atoms with Crippen molar-refractivity contribution in [3.8, 4) is 0 Å². The number of fused-ring (bicyclic) bond motifs is 1. The number of aromatic amines is 1. The van der Waals surface area contributed by atoms with Gasteiger partial charge in [-0.25, -0.2) is 4.98 Å². The fraction of sp³-hybridized carbons (Fsp3) is 0.400. The molecular weight excluding hydrogens is 286 g/mol. The van der Waals surface area contributed by atoms with Crippen molar-refractivity contribution >= 4 is 33.8 Å². The number of rotatable bonds is 4. The summed E-state index contributed by atoms with van der Waals surface area (Å²) in [6.07, 6.45) is 2.98. The lowest BCUT2D eigenvalue weighted by molar-refractivity contribution is -0.127. The van der Waals surface area contributed by atoms with Crippen LogP contribution in [-0.4, -0.2) is 44.2 Å². The molecule has 3 rings (SSSR count). The largest absolute Gasteiger partial charge is 0.345 e.